The van der Waals surface area contributed by atoms with Crippen LogP contribution in [0.3, 0.4) is 0 Å². The van der Waals surface area contributed by atoms with Gasteiger partial charge in [0.1, 0.15) is 0 Å². The highest BCUT2D eigenvalue weighted by Gasteiger charge is 2.12. The minimum Gasteiger partial charge on any atom is -0.316 e. The van der Waals surface area contributed by atoms with Crippen LogP contribution in [0.5, 0.6) is 0 Å². The van der Waals surface area contributed by atoms with Gasteiger partial charge in [-0.1, -0.05) is 25.7 Å². The quantitative estimate of drug-likeness (QED) is 0.674. The van der Waals surface area contributed by atoms with E-state index in [1.807, 2.05) is 0 Å². The maximum Gasteiger partial charge on any atom is -0.00160 e. The molecule has 2 nitrogen and oxygen atoms in total. The predicted octanol–water partition coefficient (Wildman–Crippen LogP) is 3.63. The molecule has 1 heterocycles. The molecular formula is C17H33N2. The Balaban J connectivity index is 1.35. The largest absolute Gasteiger partial charge is 0.316 e. The van der Waals surface area contributed by atoms with Crippen molar-refractivity contribution in [2.24, 2.45) is 5.92 Å². The highest BCUT2D eigenvalue weighted by molar-refractivity contribution is 4.76. The molecule has 0 aromatic rings. The van der Waals surface area contributed by atoms with Crippen LogP contribution in [0, 0.1) is 12.3 Å². The lowest BCUT2D eigenvalue weighted by Crippen LogP contribution is -2.31. The molecular weight excluding hydrogens is 232 g/mol. The summed E-state index contributed by atoms with van der Waals surface area (Å²) in [4.78, 5) is 2.63. The van der Waals surface area contributed by atoms with E-state index in [0.29, 0.717) is 0 Å². The van der Waals surface area contributed by atoms with Crippen LogP contribution in [-0.4, -0.2) is 37.6 Å². The fraction of sp³-hybridized carbons (Fsp3) is 0.941. The van der Waals surface area contributed by atoms with Crippen LogP contribution in [0.1, 0.15) is 64.2 Å². The average Bonchev–Trinajstić information content (AvgIpc) is 2.48. The number of nitrogens with zero attached hydrogens (tertiary/aromatic N) is 1. The monoisotopic (exact) mass is 265 g/mol. The van der Waals surface area contributed by atoms with Crippen molar-refractivity contribution in [3.63, 3.8) is 0 Å². The molecule has 1 radical (unpaired) electrons. The first-order valence-corrected chi connectivity index (χ1v) is 8.70. The summed E-state index contributed by atoms with van der Waals surface area (Å²) in [6, 6.07) is 0. The molecule has 0 aromatic carbocycles. The van der Waals surface area contributed by atoms with Gasteiger partial charge in [0.25, 0.3) is 0 Å². The molecule has 2 fully saturated rings. The van der Waals surface area contributed by atoms with Gasteiger partial charge in [-0.2, -0.15) is 0 Å². The number of likely N-dealkylation sites (tertiary alicyclic amines) is 1. The number of nitrogens with one attached hydrogen (secondary N) is 1. The van der Waals surface area contributed by atoms with Gasteiger partial charge in [0.05, 0.1) is 0 Å². The molecule has 1 N–H and O–H groups in total. The van der Waals surface area contributed by atoms with E-state index in [0.717, 1.165) is 5.92 Å². The first-order valence-electron chi connectivity index (χ1n) is 8.70. The molecule has 1 saturated heterocycles. The molecule has 0 amide bonds. The van der Waals surface area contributed by atoms with E-state index in [1.165, 1.54) is 96.9 Å². The summed E-state index contributed by atoms with van der Waals surface area (Å²) in [7, 11) is 0. The van der Waals surface area contributed by atoms with Crippen LogP contribution in [0.15, 0.2) is 0 Å². The molecule has 0 bridgehead atoms. The van der Waals surface area contributed by atoms with Crippen LogP contribution in [0.2, 0.25) is 0 Å². The number of unbranched alkanes of at least 4 members (excludes halogenated alkanes) is 2. The van der Waals surface area contributed by atoms with Crippen molar-refractivity contribution in [3.05, 3.63) is 6.42 Å². The Hall–Kier alpha value is -0.0800. The van der Waals surface area contributed by atoms with Gasteiger partial charge in [-0.3, -0.25) is 0 Å². The first kappa shape index (κ1) is 15.3. The van der Waals surface area contributed by atoms with Gasteiger partial charge in [0.2, 0.25) is 0 Å². The van der Waals surface area contributed by atoms with Crippen molar-refractivity contribution in [1.82, 2.24) is 10.2 Å². The molecule has 1 aliphatic heterocycles. The van der Waals surface area contributed by atoms with Gasteiger partial charge in [0, 0.05) is 0 Å². The number of hydrogen-bond donors (Lipinski definition) is 1. The normalized spacial score (nSPS) is 22.7. The third-order valence-corrected chi connectivity index (χ3v) is 4.78. The molecule has 2 aliphatic rings. The molecule has 1 aliphatic carbocycles. The Kier molecular flexibility index (Phi) is 7.87. The lowest BCUT2D eigenvalue weighted by atomic mass is 9.89. The van der Waals surface area contributed by atoms with Gasteiger partial charge in [-0.15, -0.1) is 0 Å². The third kappa shape index (κ3) is 6.76. The van der Waals surface area contributed by atoms with E-state index >= 15 is 0 Å². The zero-order valence-corrected chi connectivity index (χ0v) is 12.7. The molecule has 2 heteroatoms. The Labute approximate surface area is 120 Å². The highest BCUT2D eigenvalue weighted by atomic mass is 15.1. The molecule has 19 heavy (non-hydrogen) atoms. The van der Waals surface area contributed by atoms with E-state index in [9.17, 15) is 0 Å². The third-order valence-electron chi connectivity index (χ3n) is 4.78. The van der Waals surface area contributed by atoms with Crippen molar-refractivity contribution in [1.29, 1.82) is 0 Å². The Morgan fingerprint density at radius 1 is 0.947 bits per heavy atom. The number of hydrogen-bond acceptors (Lipinski definition) is 2. The predicted molar refractivity (Wildman–Crippen MR) is 83.3 cm³/mol. The number of rotatable bonds is 8. The summed E-state index contributed by atoms with van der Waals surface area (Å²) in [5, 5.41) is 3.67. The zero-order valence-electron chi connectivity index (χ0n) is 12.7. The Morgan fingerprint density at radius 2 is 1.74 bits per heavy atom. The standard InChI is InChI=1S/C17H33N2/c1-4-10-17(11-5-1)16-18-12-6-2-7-13-19-14-8-3-9-15-19/h3,17-18H,1-2,4-16H2. The van der Waals surface area contributed by atoms with E-state index < -0.39 is 0 Å². The SMILES string of the molecule is [CH]1CCN(CCCCCNCC2CCCCC2)CC1. The van der Waals surface area contributed by atoms with Gasteiger partial charge < -0.3 is 10.2 Å². The molecule has 0 atom stereocenters. The van der Waals surface area contributed by atoms with E-state index in [4.69, 9.17) is 0 Å². The molecule has 1 saturated carbocycles. The fourth-order valence-corrected chi connectivity index (χ4v) is 3.49. The van der Waals surface area contributed by atoms with Crippen LogP contribution in [-0.2, 0) is 0 Å². The summed E-state index contributed by atoms with van der Waals surface area (Å²) in [6.07, 6.45) is 16.6. The average molecular weight is 265 g/mol. The minimum atomic E-state index is 0.985. The summed E-state index contributed by atoms with van der Waals surface area (Å²) in [5.41, 5.74) is 0. The summed E-state index contributed by atoms with van der Waals surface area (Å²) in [5.74, 6) is 0.985. The summed E-state index contributed by atoms with van der Waals surface area (Å²) in [6.45, 7) is 6.46. The van der Waals surface area contributed by atoms with Crippen molar-refractivity contribution in [3.8, 4) is 0 Å². The zero-order chi connectivity index (χ0) is 13.2. The van der Waals surface area contributed by atoms with Gasteiger partial charge in [-0.05, 0) is 83.6 Å². The fourth-order valence-electron chi connectivity index (χ4n) is 3.49. The van der Waals surface area contributed by atoms with Gasteiger partial charge in [0.15, 0.2) is 0 Å². The minimum absolute atomic E-state index is 0.985. The van der Waals surface area contributed by atoms with Crippen LogP contribution in [0.25, 0.3) is 0 Å². The van der Waals surface area contributed by atoms with Crippen molar-refractivity contribution < 1.29 is 0 Å². The Bertz CT molecular complexity index is 183. The van der Waals surface area contributed by atoms with Crippen LogP contribution < -0.4 is 5.32 Å². The summed E-state index contributed by atoms with van der Waals surface area (Å²) >= 11 is 0. The highest BCUT2D eigenvalue weighted by Crippen LogP contribution is 2.22. The lowest BCUT2D eigenvalue weighted by Gasteiger charge is -2.26. The second kappa shape index (κ2) is 9.77. The topological polar surface area (TPSA) is 15.3 Å². The second-order valence-electron chi connectivity index (χ2n) is 6.48. The van der Waals surface area contributed by atoms with Crippen molar-refractivity contribution in [2.75, 3.05) is 32.7 Å². The molecule has 0 aromatic heterocycles. The maximum atomic E-state index is 3.67. The van der Waals surface area contributed by atoms with Gasteiger partial charge >= 0.3 is 0 Å². The van der Waals surface area contributed by atoms with E-state index in [1.54, 1.807) is 0 Å². The number of piperidine rings is 1. The van der Waals surface area contributed by atoms with E-state index in [2.05, 4.69) is 16.6 Å². The molecule has 111 valence electrons. The van der Waals surface area contributed by atoms with Gasteiger partial charge in [-0.25, -0.2) is 0 Å². The lowest BCUT2D eigenvalue weighted by molar-refractivity contribution is 0.248. The molecule has 0 unspecified atom stereocenters. The molecule has 2 rings (SSSR count). The first-order chi connectivity index (χ1) is 9.45. The Morgan fingerprint density at radius 3 is 2.53 bits per heavy atom. The van der Waals surface area contributed by atoms with Crippen LogP contribution >= 0.6 is 0 Å². The molecule has 0 spiro atoms. The van der Waals surface area contributed by atoms with Crippen LogP contribution in [0.4, 0.5) is 0 Å². The maximum absolute atomic E-state index is 3.67. The second-order valence-corrected chi connectivity index (χ2v) is 6.48. The van der Waals surface area contributed by atoms with Crippen molar-refractivity contribution >= 4 is 0 Å². The van der Waals surface area contributed by atoms with E-state index in [-0.39, 0.29) is 0 Å². The summed E-state index contributed by atoms with van der Waals surface area (Å²) < 4.78 is 0. The van der Waals surface area contributed by atoms with Crippen molar-refractivity contribution in [2.45, 2.75) is 64.2 Å². The smallest absolute Gasteiger partial charge is 0.00160 e.